The van der Waals surface area contributed by atoms with Gasteiger partial charge in [0.2, 0.25) is 5.91 Å². The van der Waals surface area contributed by atoms with Crippen molar-refractivity contribution < 1.29 is 4.79 Å². The van der Waals surface area contributed by atoms with E-state index in [9.17, 15) is 4.79 Å². The Kier molecular flexibility index (Phi) is 10.5. The molecule has 1 aromatic heterocycles. The third-order valence-corrected chi connectivity index (χ3v) is 5.81. The monoisotopic (exact) mass is 492 g/mol. The Hall–Kier alpha value is -0.830. The number of hydrogen-bond acceptors (Lipinski definition) is 3. The Balaban J connectivity index is 0.00000338. The number of likely N-dealkylation sites (N-methyl/N-ethyl adjacent to an activating group) is 1. The lowest BCUT2D eigenvalue weighted by atomic mass is 9.80. The summed E-state index contributed by atoms with van der Waals surface area (Å²) in [6.45, 7) is 5.55. The summed E-state index contributed by atoms with van der Waals surface area (Å²) in [4.78, 5) is 19.2. The molecule has 148 valence electrons. The van der Waals surface area contributed by atoms with Crippen LogP contribution in [0.5, 0.6) is 0 Å². The molecule has 0 unspecified atom stereocenters. The van der Waals surface area contributed by atoms with Gasteiger partial charge in [-0.1, -0.05) is 19.9 Å². The molecule has 1 fully saturated rings. The van der Waals surface area contributed by atoms with Crippen LogP contribution in [-0.2, 0) is 11.3 Å². The second kappa shape index (κ2) is 11.8. The van der Waals surface area contributed by atoms with Crippen molar-refractivity contribution in [2.45, 2.75) is 52.1 Å². The van der Waals surface area contributed by atoms with Crippen LogP contribution in [0.2, 0.25) is 0 Å². The van der Waals surface area contributed by atoms with Crippen LogP contribution in [-0.4, -0.2) is 43.4 Å². The van der Waals surface area contributed by atoms with Crippen LogP contribution in [0.4, 0.5) is 0 Å². The van der Waals surface area contributed by atoms with Crippen LogP contribution in [0.1, 0.15) is 44.4 Å². The molecule has 1 aromatic rings. The molecule has 2 N–H and O–H groups in total. The van der Waals surface area contributed by atoms with Crippen molar-refractivity contribution in [3.63, 3.8) is 0 Å². The summed E-state index contributed by atoms with van der Waals surface area (Å²) < 4.78 is 0. The van der Waals surface area contributed by atoms with E-state index < -0.39 is 0 Å². The molecule has 0 saturated heterocycles. The Labute approximate surface area is 179 Å². The zero-order chi connectivity index (χ0) is 18.2. The number of aliphatic imine (C=N–C) groups is 1. The quantitative estimate of drug-likeness (QED) is 0.362. The molecule has 0 spiro atoms. The number of thiophene rings is 1. The Bertz CT molecular complexity index is 552. The number of hydrogen-bond donors (Lipinski definition) is 2. The molecule has 0 radical (unpaired) electrons. The minimum atomic E-state index is 0. The molecule has 1 amide bonds. The minimum absolute atomic E-state index is 0. The van der Waals surface area contributed by atoms with Crippen LogP contribution < -0.4 is 10.6 Å². The van der Waals surface area contributed by atoms with Crippen LogP contribution in [0.15, 0.2) is 22.5 Å². The van der Waals surface area contributed by atoms with Crippen molar-refractivity contribution in [2.24, 2.45) is 16.8 Å². The van der Waals surface area contributed by atoms with E-state index in [1.807, 2.05) is 0 Å². The first-order valence-electron chi connectivity index (χ1n) is 9.23. The lowest BCUT2D eigenvalue weighted by Gasteiger charge is -2.32. The second-order valence-corrected chi connectivity index (χ2v) is 8.42. The average molecular weight is 492 g/mol. The van der Waals surface area contributed by atoms with Crippen molar-refractivity contribution in [3.8, 4) is 0 Å². The molecule has 0 aromatic carbocycles. The van der Waals surface area contributed by atoms with Gasteiger partial charge in [-0.25, -0.2) is 4.99 Å². The van der Waals surface area contributed by atoms with Crippen molar-refractivity contribution >= 4 is 47.2 Å². The van der Waals surface area contributed by atoms with Crippen molar-refractivity contribution in [2.75, 3.05) is 20.6 Å². The van der Waals surface area contributed by atoms with E-state index in [-0.39, 0.29) is 36.4 Å². The van der Waals surface area contributed by atoms with Gasteiger partial charge in [-0.3, -0.25) is 4.79 Å². The minimum Gasteiger partial charge on any atom is -0.354 e. The number of amides is 1. The maximum absolute atomic E-state index is 11.9. The van der Waals surface area contributed by atoms with Gasteiger partial charge < -0.3 is 15.5 Å². The average Bonchev–Trinajstić information content (AvgIpc) is 3.10. The Morgan fingerprint density at radius 1 is 1.31 bits per heavy atom. The van der Waals surface area contributed by atoms with Crippen LogP contribution in [0, 0.1) is 11.8 Å². The standard InChI is InChI=1S/C19H32N4OS.HI/c1-14(2)15-7-9-16(10-8-15)22-19(21-13-18(24)23(3)4)20-12-17-6-5-11-25-17;/h5-6,11,14-16H,7-10,12-13H2,1-4H3,(H2,20,21,22);1H. The molecule has 1 heterocycles. The van der Waals surface area contributed by atoms with Crippen LogP contribution in [0.25, 0.3) is 0 Å². The largest absolute Gasteiger partial charge is 0.354 e. The highest BCUT2D eigenvalue weighted by molar-refractivity contribution is 14.0. The summed E-state index contributed by atoms with van der Waals surface area (Å²) >= 11 is 1.72. The van der Waals surface area contributed by atoms with Crippen LogP contribution >= 0.6 is 35.3 Å². The van der Waals surface area contributed by atoms with E-state index in [0.717, 1.165) is 24.3 Å². The molecule has 7 heteroatoms. The number of nitrogens with zero attached hydrogens (tertiary/aromatic N) is 2. The highest BCUT2D eigenvalue weighted by Gasteiger charge is 2.23. The molecular formula is C19H33IN4OS. The fourth-order valence-electron chi connectivity index (χ4n) is 3.15. The van der Waals surface area contributed by atoms with Gasteiger partial charge in [0.15, 0.2) is 5.96 Å². The molecule has 0 atom stereocenters. The second-order valence-electron chi connectivity index (χ2n) is 7.39. The molecule has 1 aliphatic carbocycles. The highest BCUT2D eigenvalue weighted by atomic mass is 127. The van der Waals surface area contributed by atoms with Gasteiger partial charge in [0, 0.05) is 25.0 Å². The van der Waals surface area contributed by atoms with E-state index in [0.29, 0.717) is 6.04 Å². The first-order chi connectivity index (χ1) is 12.0. The highest BCUT2D eigenvalue weighted by Crippen LogP contribution is 2.29. The smallest absolute Gasteiger partial charge is 0.243 e. The van der Waals surface area contributed by atoms with E-state index in [1.54, 1.807) is 30.3 Å². The van der Waals surface area contributed by atoms with Crippen molar-refractivity contribution in [3.05, 3.63) is 22.4 Å². The predicted molar refractivity (Wildman–Crippen MR) is 121 cm³/mol. The number of carbonyl (C=O) groups is 1. The lowest BCUT2D eigenvalue weighted by molar-refractivity contribution is -0.127. The Morgan fingerprint density at radius 2 is 2.00 bits per heavy atom. The lowest BCUT2D eigenvalue weighted by Crippen LogP contribution is -2.45. The summed E-state index contributed by atoms with van der Waals surface area (Å²) in [5, 5.41) is 8.99. The van der Waals surface area contributed by atoms with Gasteiger partial charge >= 0.3 is 0 Å². The molecular weight excluding hydrogens is 459 g/mol. The predicted octanol–water partition coefficient (Wildman–Crippen LogP) is 3.70. The fraction of sp³-hybridized carbons (Fsp3) is 0.684. The van der Waals surface area contributed by atoms with Gasteiger partial charge in [0.05, 0.1) is 6.54 Å². The molecule has 1 saturated carbocycles. The maximum Gasteiger partial charge on any atom is 0.243 e. The maximum atomic E-state index is 11.9. The SMILES string of the molecule is CC(C)C1CCC(NC(=NCC(=O)N(C)C)NCc2cccs2)CC1.I. The third-order valence-electron chi connectivity index (χ3n) is 4.94. The number of carbonyl (C=O) groups excluding carboxylic acids is 1. The van der Waals surface area contributed by atoms with Gasteiger partial charge in [-0.2, -0.15) is 0 Å². The van der Waals surface area contributed by atoms with Gasteiger partial charge in [0.25, 0.3) is 0 Å². The summed E-state index contributed by atoms with van der Waals surface area (Å²) in [6.07, 6.45) is 4.88. The van der Waals surface area contributed by atoms with Gasteiger partial charge in [-0.15, -0.1) is 35.3 Å². The van der Waals surface area contributed by atoms with Crippen molar-refractivity contribution in [1.82, 2.24) is 15.5 Å². The number of rotatable bonds is 6. The molecule has 1 aliphatic rings. The third kappa shape index (κ3) is 7.82. The topological polar surface area (TPSA) is 56.7 Å². The first-order valence-corrected chi connectivity index (χ1v) is 10.1. The molecule has 0 bridgehead atoms. The van der Waals surface area contributed by atoms with E-state index >= 15 is 0 Å². The molecule has 26 heavy (non-hydrogen) atoms. The number of halogens is 1. The van der Waals surface area contributed by atoms with Crippen molar-refractivity contribution in [1.29, 1.82) is 0 Å². The summed E-state index contributed by atoms with van der Waals surface area (Å²) in [6, 6.07) is 4.60. The summed E-state index contributed by atoms with van der Waals surface area (Å²) in [5.41, 5.74) is 0. The number of nitrogens with one attached hydrogen (secondary N) is 2. The zero-order valence-corrected chi connectivity index (χ0v) is 19.5. The zero-order valence-electron chi connectivity index (χ0n) is 16.3. The fourth-order valence-corrected chi connectivity index (χ4v) is 3.79. The van der Waals surface area contributed by atoms with Crippen LogP contribution in [0.3, 0.4) is 0 Å². The summed E-state index contributed by atoms with van der Waals surface area (Å²) in [5.74, 6) is 2.37. The van der Waals surface area contributed by atoms with E-state index in [1.165, 1.54) is 30.6 Å². The van der Waals surface area contributed by atoms with Gasteiger partial charge in [0.1, 0.15) is 6.54 Å². The first kappa shape index (κ1) is 23.2. The van der Waals surface area contributed by atoms with Gasteiger partial charge in [-0.05, 0) is 49.0 Å². The van der Waals surface area contributed by atoms with E-state index in [4.69, 9.17) is 0 Å². The number of guanidine groups is 1. The Morgan fingerprint density at radius 3 is 2.54 bits per heavy atom. The molecule has 2 rings (SSSR count). The molecule has 0 aliphatic heterocycles. The normalized spacial score (nSPS) is 20.4. The molecule has 5 nitrogen and oxygen atoms in total. The summed E-state index contributed by atoms with van der Waals surface area (Å²) in [7, 11) is 3.52. The van der Waals surface area contributed by atoms with E-state index in [2.05, 4.69) is 47.0 Å².